The molecule has 0 aromatic heterocycles. The van der Waals surface area contributed by atoms with Gasteiger partial charge in [-0.15, -0.1) is 0 Å². The Bertz CT molecular complexity index is 497. The SMILES string of the molecule is CC1CN(Cc2ccc(Cl)c([N+](=O)[O-])c2)CC(CO)O1. The van der Waals surface area contributed by atoms with Crippen LogP contribution in [0.1, 0.15) is 12.5 Å². The van der Waals surface area contributed by atoms with Crippen LogP contribution in [0.5, 0.6) is 0 Å². The van der Waals surface area contributed by atoms with Crippen LogP contribution in [0.2, 0.25) is 5.02 Å². The topological polar surface area (TPSA) is 75.8 Å². The molecule has 2 atom stereocenters. The fourth-order valence-electron chi connectivity index (χ4n) is 2.43. The van der Waals surface area contributed by atoms with E-state index in [2.05, 4.69) is 4.90 Å². The summed E-state index contributed by atoms with van der Waals surface area (Å²) in [4.78, 5) is 12.5. The molecule has 1 aromatic carbocycles. The third kappa shape index (κ3) is 3.67. The van der Waals surface area contributed by atoms with Gasteiger partial charge in [-0.1, -0.05) is 17.7 Å². The molecule has 1 aromatic rings. The lowest BCUT2D eigenvalue weighted by atomic mass is 10.1. The summed E-state index contributed by atoms with van der Waals surface area (Å²) in [5.74, 6) is 0. The smallest absolute Gasteiger partial charge is 0.288 e. The van der Waals surface area contributed by atoms with Crippen molar-refractivity contribution >= 4 is 17.3 Å². The van der Waals surface area contributed by atoms with Gasteiger partial charge in [0.05, 0.1) is 23.7 Å². The molecule has 1 aliphatic rings. The number of aliphatic hydroxyl groups excluding tert-OH is 1. The summed E-state index contributed by atoms with van der Waals surface area (Å²) in [6.07, 6.45) is -0.177. The Labute approximate surface area is 122 Å². The van der Waals surface area contributed by atoms with Crippen molar-refractivity contribution in [1.29, 1.82) is 0 Å². The van der Waals surface area contributed by atoms with Crippen LogP contribution >= 0.6 is 11.6 Å². The maximum Gasteiger partial charge on any atom is 0.288 e. The predicted molar refractivity (Wildman–Crippen MR) is 74.8 cm³/mol. The normalized spacial score (nSPS) is 23.8. The molecule has 0 spiro atoms. The van der Waals surface area contributed by atoms with E-state index >= 15 is 0 Å². The summed E-state index contributed by atoms with van der Waals surface area (Å²) < 4.78 is 5.56. The first-order valence-electron chi connectivity index (χ1n) is 6.41. The highest BCUT2D eigenvalue weighted by molar-refractivity contribution is 6.32. The lowest BCUT2D eigenvalue weighted by Gasteiger charge is -2.36. The van der Waals surface area contributed by atoms with Crippen molar-refractivity contribution in [2.45, 2.75) is 25.7 Å². The molecular weight excluding hydrogens is 284 g/mol. The zero-order valence-corrected chi connectivity index (χ0v) is 11.9. The number of benzene rings is 1. The molecule has 6 nitrogen and oxygen atoms in total. The van der Waals surface area contributed by atoms with Gasteiger partial charge in [0, 0.05) is 25.7 Å². The number of nitro benzene ring substituents is 1. The molecule has 0 saturated carbocycles. The van der Waals surface area contributed by atoms with Crippen molar-refractivity contribution in [3.05, 3.63) is 38.9 Å². The van der Waals surface area contributed by atoms with Crippen molar-refractivity contribution in [3.8, 4) is 0 Å². The van der Waals surface area contributed by atoms with Crippen LogP contribution in [0.25, 0.3) is 0 Å². The molecule has 1 saturated heterocycles. The monoisotopic (exact) mass is 300 g/mol. The second-order valence-corrected chi connectivity index (χ2v) is 5.40. The molecular formula is C13H17ClN2O4. The van der Waals surface area contributed by atoms with Crippen LogP contribution in [-0.4, -0.2) is 46.8 Å². The van der Waals surface area contributed by atoms with E-state index in [1.807, 2.05) is 6.92 Å². The zero-order chi connectivity index (χ0) is 14.7. The first-order chi connectivity index (χ1) is 9.49. The van der Waals surface area contributed by atoms with Crippen LogP contribution in [0, 0.1) is 10.1 Å². The summed E-state index contributed by atoms with van der Waals surface area (Å²) in [7, 11) is 0. The summed E-state index contributed by atoms with van der Waals surface area (Å²) in [6, 6.07) is 4.82. The van der Waals surface area contributed by atoms with E-state index in [9.17, 15) is 15.2 Å². The molecule has 2 rings (SSSR count). The minimum Gasteiger partial charge on any atom is -0.394 e. The molecule has 0 radical (unpaired) electrons. The maximum atomic E-state index is 10.9. The first kappa shape index (κ1) is 15.2. The van der Waals surface area contributed by atoms with Crippen LogP contribution in [0.15, 0.2) is 18.2 Å². The summed E-state index contributed by atoms with van der Waals surface area (Å²) in [5, 5.41) is 20.2. The minimum atomic E-state index is -0.482. The third-order valence-electron chi connectivity index (χ3n) is 3.22. The average Bonchev–Trinajstić information content (AvgIpc) is 2.40. The molecule has 1 fully saturated rings. The molecule has 1 heterocycles. The fourth-order valence-corrected chi connectivity index (χ4v) is 2.61. The molecule has 110 valence electrons. The first-order valence-corrected chi connectivity index (χ1v) is 6.79. The number of morpholine rings is 1. The molecule has 1 aliphatic heterocycles. The second kappa shape index (κ2) is 6.49. The highest BCUT2D eigenvalue weighted by Crippen LogP contribution is 2.26. The number of ether oxygens (including phenoxy) is 1. The molecule has 7 heteroatoms. The molecule has 0 bridgehead atoms. The number of nitro groups is 1. The van der Waals surface area contributed by atoms with Crippen molar-refractivity contribution in [2.24, 2.45) is 0 Å². The lowest BCUT2D eigenvalue weighted by molar-refractivity contribution is -0.384. The predicted octanol–water partition coefficient (Wildman–Crippen LogP) is 1.83. The van der Waals surface area contributed by atoms with Gasteiger partial charge in [-0.3, -0.25) is 15.0 Å². The van der Waals surface area contributed by atoms with Crippen molar-refractivity contribution < 1.29 is 14.8 Å². The Balaban J connectivity index is 2.09. The highest BCUT2D eigenvalue weighted by Gasteiger charge is 2.25. The minimum absolute atomic E-state index is 0.0262. The zero-order valence-electron chi connectivity index (χ0n) is 11.2. The second-order valence-electron chi connectivity index (χ2n) is 4.99. The van der Waals surface area contributed by atoms with Gasteiger partial charge in [0.15, 0.2) is 0 Å². The van der Waals surface area contributed by atoms with Gasteiger partial charge in [-0.2, -0.15) is 0 Å². The van der Waals surface area contributed by atoms with E-state index in [1.54, 1.807) is 12.1 Å². The van der Waals surface area contributed by atoms with Gasteiger partial charge in [0.25, 0.3) is 5.69 Å². The van der Waals surface area contributed by atoms with Crippen molar-refractivity contribution in [3.63, 3.8) is 0 Å². The quantitative estimate of drug-likeness (QED) is 0.678. The van der Waals surface area contributed by atoms with Crippen molar-refractivity contribution in [2.75, 3.05) is 19.7 Å². The van der Waals surface area contributed by atoms with Crippen LogP contribution in [0.3, 0.4) is 0 Å². The Morgan fingerprint density at radius 2 is 2.30 bits per heavy atom. The number of hydrogen-bond donors (Lipinski definition) is 1. The van der Waals surface area contributed by atoms with E-state index in [0.717, 1.165) is 12.1 Å². The van der Waals surface area contributed by atoms with Crippen LogP contribution in [-0.2, 0) is 11.3 Å². The van der Waals surface area contributed by atoms with Crippen molar-refractivity contribution in [1.82, 2.24) is 4.90 Å². The number of halogens is 1. The summed E-state index contributed by atoms with van der Waals surface area (Å²) in [6.45, 7) is 3.83. The van der Waals surface area contributed by atoms with Gasteiger partial charge in [0.1, 0.15) is 5.02 Å². The molecule has 0 amide bonds. The summed E-state index contributed by atoms with van der Waals surface area (Å²) in [5.41, 5.74) is 0.746. The highest BCUT2D eigenvalue weighted by atomic mass is 35.5. The number of aliphatic hydroxyl groups is 1. The van der Waals surface area contributed by atoms with Gasteiger partial charge in [-0.05, 0) is 18.6 Å². The Morgan fingerprint density at radius 1 is 1.55 bits per heavy atom. The van der Waals surface area contributed by atoms with E-state index in [4.69, 9.17) is 16.3 Å². The standard InChI is InChI=1S/C13H17ClN2O4/c1-9-5-15(7-11(8-17)20-9)6-10-2-3-12(14)13(4-10)16(18)19/h2-4,9,11,17H,5-8H2,1H3. The van der Waals surface area contributed by atoms with E-state index in [-0.39, 0.29) is 29.5 Å². The fraction of sp³-hybridized carbons (Fsp3) is 0.538. The van der Waals surface area contributed by atoms with E-state index in [0.29, 0.717) is 13.1 Å². The van der Waals surface area contributed by atoms with E-state index in [1.165, 1.54) is 6.07 Å². The van der Waals surface area contributed by atoms with E-state index < -0.39 is 4.92 Å². The van der Waals surface area contributed by atoms with Gasteiger partial charge in [0.2, 0.25) is 0 Å². The van der Waals surface area contributed by atoms with Gasteiger partial charge < -0.3 is 9.84 Å². The molecule has 20 heavy (non-hydrogen) atoms. The van der Waals surface area contributed by atoms with Gasteiger partial charge >= 0.3 is 0 Å². The Hall–Kier alpha value is -1.21. The lowest BCUT2D eigenvalue weighted by Crippen LogP contribution is -2.47. The largest absolute Gasteiger partial charge is 0.394 e. The van der Waals surface area contributed by atoms with Crippen LogP contribution in [0.4, 0.5) is 5.69 Å². The maximum absolute atomic E-state index is 10.9. The Kier molecular flexibility index (Phi) is 4.93. The molecule has 0 aliphatic carbocycles. The van der Waals surface area contributed by atoms with Gasteiger partial charge in [-0.25, -0.2) is 0 Å². The molecule has 1 N–H and O–H groups in total. The average molecular weight is 301 g/mol. The van der Waals surface area contributed by atoms with Crippen LogP contribution < -0.4 is 0 Å². The number of nitrogens with zero attached hydrogens (tertiary/aromatic N) is 2. The summed E-state index contributed by atoms with van der Waals surface area (Å²) >= 11 is 5.79. The number of hydrogen-bond acceptors (Lipinski definition) is 5. The Morgan fingerprint density at radius 3 is 2.95 bits per heavy atom. The molecule has 2 unspecified atom stereocenters. The third-order valence-corrected chi connectivity index (χ3v) is 3.54. The number of rotatable bonds is 4.